The van der Waals surface area contributed by atoms with E-state index < -0.39 is 5.60 Å². The van der Waals surface area contributed by atoms with E-state index >= 15 is 0 Å². The van der Waals surface area contributed by atoms with Crippen LogP contribution in [-0.2, 0) is 4.79 Å². The first-order chi connectivity index (χ1) is 7.68. The summed E-state index contributed by atoms with van der Waals surface area (Å²) in [6, 6.07) is 0. The van der Waals surface area contributed by atoms with Crippen LogP contribution in [0.25, 0.3) is 0 Å². The maximum Gasteiger partial charge on any atom is 0.229 e. The van der Waals surface area contributed by atoms with Gasteiger partial charge >= 0.3 is 0 Å². The number of anilines is 1. The number of amides is 1. The molecule has 0 aromatic carbocycles. The fourth-order valence-corrected chi connectivity index (χ4v) is 2.13. The average Bonchev–Trinajstić information content (AvgIpc) is 2.70. The Morgan fingerprint density at radius 1 is 1.50 bits per heavy atom. The van der Waals surface area contributed by atoms with Crippen LogP contribution in [0.15, 0.2) is 6.33 Å². The third-order valence-electron chi connectivity index (χ3n) is 2.95. The van der Waals surface area contributed by atoms with Gasteiger partial charge in [-0.25, -0.2) is 5.10 Å². The van der Waals surface area contributed by atoms with Crippen molar-refractivity contribution in [2.45, 2.75) is 44.1 Å². The lowest BCUT2D eigenvalue weighted by molar-refractivity contribution is -0.122. The van der Waals surface area contributed by atoms with Gasteiger partial charge in [0, 0.05) is 0 Å². The highest BCUT2D eigenvalue weighted by Crippen LogP contribution is 2.30. The number of hydrogen-bond acceptors (Lipinski definition) is 4. The lowest BCUT2D eigenvalue weighted by Crippen LogP contribution is -2.36. The van der Waals surface area contributed by atoms with Crippen molar-refractivity contribution in [1.29, 1.82) is 0 Å². The van der Waals surface area contributed by atoms with Gasteiger partial charge in [-0.1, -0.05) is 19.3 Å². The molecule has 88 valence electrons. The van der Waals surface area contributed by atoms with Crippen molar-refractivity contribution in [2.75, 3.05) is 5.32 Å². The zero-order valence-corrected chi connectivity index (χ0v) is 9.07. The molecule has 0 bridgehead atoms. The maximum absolute atomic E-state index is 11.6. The van der Waals surface area contributed by atoms with E-state index in [0.29, 0.717) is 18.8 Å². The normalized spacial score (nSPS) is 19.3. The third kappa shape index (κ3) is 2.79. The quantitative estimate of drug-likeness (QED) is 0.709. The van der Waals surface area contributed by atoms with Gasteiger partial charge in [-0.15, -0.1) is 0 Å². The van der Waals surface area contributed by atoms with E-state index in [1.165, 1.54) is 6.33 Å². The first-order valence-corrected chi connectivity index (χ1v) is 5.56. The number of aromatic amines is 1. The fraction of sp³-hybridized carbons (Fsp3) is 0.700. The molecule has 1 aromatic heterocycles. The number of rotatable bonds is 3. The number of nitrogens with zero attached hydrogens (tertiary/aromatic N) is 2. The summed E-state index contributed by atoms with van der Waals surface area (Å²) in [6.45, 7) is 0. The van der Waals surface area contributed by atoms with Crippen LogP contribution in [0.5, 0.6) is 0 Å². The Kier molecular flexibility index (Phi) is 3.19. The molecule has 2 rings (SSSR count). The zero-order chi connectivity index (χ0) is 11.4. The molecule has 1 heterocycles. The Bertz CT molecular complexity index is 344. The molecule has 6 heteroatoms. The van der Waals surface area contributed by atoms with E-state index in [4.69, 9.17) is 0 Å². The van der Waals surface area contributed by atoms with Gasteiger partial charge in [0.2, 0.25) is 11.9 Å². The molecule has 0 atom stereocenters. The topological polar surface area (TPSA) is 90.9 Å². The molecule has 1 amide bonds. The summed E-state index contributed by atoms with van der Waals surface area (Å²) in [7, 11) is 0. The molecular formula is C10H16N4O2. The summed E-state index contributed by atoms with van der Waals surface area (Å²) < 4.78 is 0. The van der Waals surface area contributed by atoms with Crippen molar-refractivity contribution in [1.82, 2.24) is 15.2 Å². The minimum absolute atomic E-state index is 0.133. The van der Waals surface area contributed by atoms with Crippen LogP contribution in [0, 0.1) is 0 Å². The molecule has 1 saturated carbocycles. The second-order valence-electron chi connectivity index (χ2n) is 4.34. The largest absolute Gasteiger partial charge is 0.389 e. The van der Waals surface area contributed by atoms with Crippen molar-refractivity contribution in [2.24, 2.45) is 0 Å². The number of carbonyl (C=O) groups is 1. The molecule has 3 N–H and O–H groups in total. The predicted octanol–water partition coefficient (Wildman–Crippen LogP) is 0.828. The molecule has 0 radical (unpaired) electrons. The molecule has 1 aromatic rings. The van der Waals surface area contributed by atoms with Crippen molar-refractivity contribution in [3.63, 3.8) is 0 Å². The number of hydrogen-bond donors (Lipinski definition) is 3. The molecule has 6 nitrogen and oxygen atoms in total. The number of aromatic nitrogens is 3. The fourth-order valence-electron chi connectivity index (χ4n) is 2.13. The Morgan fingerprint density at radius 2 is 2.25 bits per heavy atom. The summed E-state index contributed by atoms with van der Waals surface area (Å²) in [4.78, 5) is 15.4. The molecule has 1 aliphatic carbocycles. The van der Waals surface area contributed by atoms with E-state index in [9.17, 15) is 9.90 Å². The summed E-state index contributed by atoms with van der Waals surface area (Å²) in [6.07, 6.45) is 6.00. The summed E-state index contributed by atoms with van der Waals surface area (Å²) in [5.41, 5.74) is -0.831. The van der Waals surface area contributed by atoms with Gasteiger partial charge in [-0.2, -0.15) is 10.1 Å². The molecule has 0 saturated heterocycles. The van der Waals surface area contributed by atoms with Crippen LogP contribution >= 0.6 is 0 Å². The van der Waals surface area contributed by atoms with Crippen LogP contribution in [0.1, 0.15) is 38.5 Å². The number of carbonyl (C=O) groups excluding carboxylic acids is 1. The Morgan fingerprint density at radius 3 is 2.88 bits per heavy atom. The van der Waals surface area contributed by atoms with E-state index in [2.05, 4.69) is 20.5 Å². The van der Waals surface area contributed by atoms with E-state index in [1.54, 1.807) is 0 Å². The second-order valence-corrected chi connectivity index (χ2v) is 4.34. The number of aliphatic hydroxyl groups is 1. The number of nitrogens with one attached hydrogen (secondary N) is 2. The minimum atomic E-state index is -0.831. The Hall–Kier alpha value is -1.43. The van der Waals surface area contributed by atoms with Gasteiger partial charge in [-0.05, 0) is 12.8 Å². The summed E-state index contributed by atoms with van der Waals surface area (Å²) >= 11 is 0. The Balaban J connectivity index is 1.86. The minimum Gasteiger partial charge on any atom is -0.389 e. The highest BCUT2D eigenvalue weighted by molar-refractivity contribution is 5.89. The van der Waals surface area contributed by atoms with E-state index in [1.807, 2.05) is 0 Å². The molecule has 0 aliphatic heterocycles. The van der Waals surface area contributed by atoms with Gasteiger partial charge < -0.3 is 5.11 Å². The smallest absolute Gasteiger partial charge is 0.229 e. The van der Waals surface area contributed by atoms with Crippen molar-refractivity contribution >= 4 is 11.9 Å². The van der Waals surface area contributed by atoms with Crippen LogP contribution in [0.2, 0.25) is 0 Å². The molecule has 0 unspecified atom stereocenters. The van der Waals surface area contributed by atoms with Crippen molar-refractivity contribution < 1.29 is 9.90 Å². The van der Waals surface area contributed by atoms with Crippen molar-refractivity contribution in [3.8, 4) is 0 Å². The number of H-pyrrole nitrogens is 1. The summed E-state index contributed by atoms with van der Waals surface area (Å²) in [5.74, 6) is 0.102. The molecule has 1 aliphatic rings. The van der Waals surface area contributed by atoms with Crippen molar-refractivity contribution in [3.05, 3.63) is 6.33 Å². The predicted molar refractivity (Wildman–Crippen MR) is 57.7 cm³/mol. The van der Waals surface area contributed by atoms with Gasteiger partial charge in [0.05, 0.1) is 12.0 Å². The maximum atomic E-state index is 11.6. The molecule has 1 fully saturated rings. The first-order valence-electron chi connectivity index (χ1n) is 5.56. The van der Waals surface area contributed by atoms with Crippen LogP contribution in [0.4, 0.5) is 5.95 Å². The average molecular weight is 224 g/mol. The van der Waals surface area contributed by atoms with E-state index in [0.717, 1.165) is 19.3 Å². The SMILES string of the molecule is O=C(CC1(O)CCCCC1)Nc1ncn[nH]1. The van der Waals surface area contributed by atoms with Gasteiger partial charge in [-0.3, -0.25) is 10.1 Å². The monoisotopic (exact) mass is 224 g/mol. The zero-order valence-electron chi connectivity index (χ0n) is 9.07. The lowest BCUT2D eigenvalue weighted by Gasteiger charge is -2.31. The van der Waals surface area contributed by atoms with Gasteiger partial charge in [0.15, 0.2) is 0 Å². The van der Waals surface area contributed by atoms with E-state index in [-0.39, 0.29) is 12.3 Å². The highest BCUT2D eigenvalue weighted by Gasteiger charge is 2.31. The summed E-state index contributed by atoms with van der Waals surface area (Å²) in [5, 5.41) is 18.9. The second kappa shape index (κ2) is 4.61. The standard InChI is InChI=1S/C10H16N4O2/c15-8(13-9-11-7-12-14-9)6-10(16)4-2-1-3-5-10/h7,16H,1-6H2,(H2,11,12,13,14,15). The van der Waals surface area contributed by atoms with Gasteiger partial charge in [0.1, 0.15) is 6.33 Å². The lowest BCUT2D eigenvalue weighted by atomic mass is 9.82. The van der Waals surface area contributed by atoms with Crippen LogP contribution in [0.3, 0.4) is 0 Å². The molecular weight excluding hydrogens is 208 g/mol. The third-order valence-corrected chi connectivity index (χ3v) is 2.95. The Labute approximate surface area is 93.5 Å². The first kappa shape index (κ1) is 11.1. The molecule has 0 spiro atoms. The van der Waals surface area contributed by atoms with Crippen LogP contribution in [-0.4, -0.2) is 31.8 Å². The highest BCUT2D eigenvalue weighted by atomic mass is 16.3. The van der Waals surface area contributed by atoms with Gasteiger partial charge in [0.25, 0.3) is 0 Å². The van der Waals surface area contributed by atoms with Crippen LogP contribution < -0.4 is 5.32 Å². The molecule has 16 heavy (non-hydrogen) atoms.